The van der Waals surface area contributed by atoms with Crippen LogP contribution in [0.1, 0.15) is 24.2 Å². The lowest BCUT2D eigenvalue weighted by molar-refractivity contribution is 0.0807. The van der Waals surface area contributed by atoms with Gasteiger partial charge in [-0.3, -0.25) is 4.79 Å². The molecule has 0 fully saturated rings. The normalized spacial score (nSPS) is 12.9. The molecule has 1 atom stereocenters. The minimum atomic E-state index is -0.300. The molecule has 1 aromatic rings. The number of hydrogen-bond acceptors (Lipinski definition) is 2. The fourth-order valence-electron chi connectivity index (χ4n) is 1.42. The number of aliphatic hydroxyl groups is 1. The molecule has 0 aromatic heterocycles. The van der Waals surface area contributed by atoms with E-state index in [2.05, 4.69) is 15.9 Å². The molecule has 1 N–H and O–H groups in total. The van der Waals surface area contributed by atoms with E-state index < -0.39 is 0 Å². The molecule has 0 saturated carbocycles. The first-order chi connectivity index (χ1) is 7.06. The van der Waals surface area contributed by atoms with Crippen molar-refractivity contribution >= 4 is 21.7 Å². The summed E-state index contributed by atoms with van der Waals surface area (Å²) in [4.78, 5) is 12.0. The molecule has 1 aromatic carbocycles. The highest BCUT2D eigenvalue weighted by molar-refractivity contribution is 9.10. The molecule has 0 aliphatic rings. The fraction of sp³-hybridized carbons (Fsp3) is 0.417. The van der Waals surface area contributed by atoms with Gasteiger partial charge < -0.3 is 5.11 Å². The first-order valence-corrected chi connectivity index (χ1v) is 5.76. The molecule has 1 unspecified atom stereocenters. The van der Waals surface area contributed by atoms with Crippen LogP contribution in [0.25, 0.3) is 0 Å². The van der Waals surface area contributed by atoms with Crippen molar-refractivity contribution in [1.29, 1.82) is 0 Å². The van der Waals surface area contributed by atoms with Gasteiger partial charge in [-0.25, -0.2) is 0 Å². The minimum absolute atomic E-state index is 0.0139. The summed E-state index contributed by atoms with van der Waals surface area (Å²) in [6, 6.07) is 7.22. The summed E-state index contributed by atoms with van der Waals surface area (Å²) in [5.41, 5.74) is 0.658. The topological polar surface area (TPSA) is 37.3 Å². The molecule has 0 bridgehead atoms. The lowest BCUT2D eigenvalue weighted by atomic mass is 9.89. The van der Waals surface area contributed by atoms with Gasteiger partial charge in [0.25, 0.3) is 0 Å². The van der Waals surface area contributed by atoms with E-state index in [4.69, 9.17) is 5.11 Å². The van der Waals surface area contributed by atoms with Crippen LogP contribution in [0.4, 0.5) is 0 Å². The average molecular weight is 271 g/mol. The highest BCUT2D eigenvalue weighted by Gasteiger charge is 2.22. The minimum Gasteiger partial charge on any atom is -0.396 e. The van der Waals surface area contributed by atoms with Gasteiger partial charge in [0.15, 0.2) is 5.78 Å². The van der Waals surface area contributed by atoms with Gasteiger partial charge >= 0.3 is 0 Å². The summed E-state index contributed by atoms with van der Waals surface area (Å²) in [7, 11) is 0. The number of carbonyl (C=O) groups is 1. The van der Waals surface area contributed by atoms with Crippen LogP contribution in [0.3, 0.4) is 0 Å². The standard InChI is InChI=1S/C12H15BrO2/c1-8(2)11(7-14)12(15)9-3-5-10(13)6-4-9/h3-6,8,11,14H,7H2,1-2H3. The second kappa shape index (κ2) is 5.42. The summed E-state index contributed by atoms with van der Waals surface area (Å²) in [6.45, 7) is 3.79. The van der Waals surface area contributed by atoms with Gasteiger partial charge in [0.2, 0.25) is 0 Å². The Balaban J connectivity index is 2.88. The number of ketones is 1. The van der Waals surface area contributed by atoms with Crippen molar-refractivity contribution in [2.75, 3.05) is 6.61 Å². The van der Waals surface area contributed by atoms with Gasteiger partial charge in [-0.1, -0.05) is 41.9 Å². The predicted molar refractivity (Wildman–Crippen MR) is 63.9 cm³/mol. The molecule has 0 aliphatic carbocycles. The molecule has 0 aliphatic heterocycles. The van der Waals surface area contributed by atoms with Crippen molar-refractivity contribution < 1.29 is 9.90 Å². The molecule has 0 radical (unpaired) electrons. The maximum atomic E-state index is 12.0. The van der Waals surface area contributed by atoms with Gasteiger partial charge in [-0.15, -0.1) is 0 Å². The Bertz CT molecular complexity index is 330. The molecule has 0 spiro atoms. The second-order valence-electron chi connectivity index (χ2n) is 3.90. The lowest BCUT2D eigenvalue weighted by Crippen LogP contribution is -2.23. The predicted octanol–water partition coefficient (Wildman–Crippen LogP) is 2.90. The maximum Gasteiger partial charge on any atom is 0.168 e. The molecule has 1 rings (SSSR count). The van der Waals surface area contributed by atoms with E-state index in [1.807, 2.05) is 26.0 Å². The van der Waals surface area contributed by atoms with Crippen molar-refractivity contribution in [3.05, 3.63) is 34.3 Å². The Morgan fingerprint density at radius 1 is 1.33 bits per heavy atom. The second-order valence-corrected chi connectivity index (χ2v) is 4.82. The number of hydrogen-bond donors (Lipinski definition) is 1. The van der Waals surface area contributed by atoms with E-state index in [1.54, 1.807) is 12.1 Å². The zero-order valence-corrected chi connectivity index (χ0v) is 10.5. The smallest absolute Gasteiger partial charge is 0.168 e. The zero-order chi connectivity index (χ0) is 11.4. The van der Waals surface area contributed by atoms with Crippen molar-refractivity contribution in [2.45, 2.75) is 13.8 Å². The fourth-order valence-corrected chi connectivity index (χ4v) is 1.69. The summed E-state index contributed by atoms with van der Waals surface area (Å²) >= 11 is 3.32. The van der Waals surface area contributed by atoms with E-state index in [1.165, 1.54) is 0 Å². The largest absolute Gasteiger partial charge is 0.396 e. The van der Waals surface area contributed by atoms with Crippen molar-refractivity contribution in [3.8, 4) is 0 Å². The van der Waals surface area contributed by atoms with Crippen LogP contribution >= 0.6 is 15.9 Å². The van der Waals surface area contributed by atoms with Crippen LogP contribution in [-0.4, -0.2) is 17.5 Å². The van der Waals surface area contributed by atoms with E-state index in [0.717, 1.165) is 4.47 Å². The SMILES string of the molecule is CC(C)C(CO)C(=O)c1ccc(Br)cc1. The lowest BCUT2D eigenvalue weighted by Gasteiger charge is -2.16. The van der Waals surface area contributed by atoms with Gasteiger partial charge in [0.1, 0.15) is 0 Å². The van der Waals surface area contributed by atoms with E-state index >= 15 is 0 Å². The maximum absolute atomic E-state index is 12.0. The highest BCUT2D eigenvalue weighted by atomic mass is 79.9. The number of halogens is 1. The Labute approximate surface area is 98.4 Å². The van der Waals surface area contributed by atoms with Crippen molar-refractivity contribution in [2.24, 2.45) is 11.8 Å². The van der Waals surface area contributed by atoms with Crippen LogP contribution in [0.15, 0.2) is 28.7 Å². The zero-order valence-electron chi connectivity index (χ0n) is 8.90. The van der Waals surface area contributed by atoms with Crippen molar-refractivity contribution in [1.82, 2.24) is 0 Å². The van der Waals surface area contributed by atoms with Crippen LogP contribution in [0, 0.1) is 11.8 Å². The molecule has 0 saturated heterocycles. The Morgan fingerprint density at radius 2 is 1.87 bits per heavy atom. The number of benzene rings is 1. The first-order valence-electron chi connectivity index (χ1n) is 4.97. The molecular weight excluding hydrogens is 256 g/mol. The summed E-state index contributed by atoms with van der Waals surface area (Å²) in [6.07, 6.45) is 0. The Kier molecular flexibility index (Phi) is 4.48. The third kappa shape index (κ3) is 3.14. The molecule has 82 valence electrons. The summed E-state index contributed by atoms with van der Waals surface area (Å²) in [5, 5.41) is 9.15. The van der Waals surface area contributed by atoms with Gasteiger partial charge in [0, 0.05) is 16.0 Å². The molecular formula is C12H15BrO2. The first kappa shape index (κ1) is 12.4. The van der Waals surface area contributed by atoms with Gasteiger partial charge in [-0.05, 0) is 18.1 Å². The molecule has 2 nitrogen and oxygen atoms in total. The number of carbonyl (C=O) groups excluding carboxylic acids is 1. The number of aliphatic hydroxyl groups excluding tert-OH is 1. The molecule has 0 amide bonds. The van der Waals surface area contributed by atoms with Gasteiger partial charge in [0.05, 0.1) is 6.61 Å². The van der Waals surface area contributed by atoms with Crippen LogP contribution in [0.2, 0.25) is 0 Å². The third-order valence-electron chi connectivity index (χ3n) is 2.47. The van der Waals surface area contributed by atoms with E-state index in [0.29, 0.717) is 5.56 Å². The summed E-state index contributed by atoms with van der Waals surface area (Å²) < 4.78 is 0.948. The Morgan fingerprint density at radius 3 is 2.27 bits per heavy atom. The highest BCUT2D eigenvalue weighted by Crippen LogP contribution is 2.18. The van der Waals surface area contributed by atoms with E-state index in [9.17, 15) is 4.79 Å². The third-order valence-corrected chi connectivity index (χ3v) is 3.00. The monoisotopic (exact) mass is 270 g/mol. The van der Waals surface area contributed by atoms with Gasteiger partial charge in [-0.2, -0.15) is 0 Å². The molecule has 0 heterocycles. The summed E-state index contributed by atoms with van der Waals surface area (Å²) in [5.74, 6) is -0.127. The number of Topliss-reactive ketones (excluding diaryl/α,β-unsaturated/α-hetero) is 1. The van der Waals surface area contributed by atoms with Crippen LogP contribution in [-0.2, 0) is 0 Å². The Hall–Kier alpha value is -0.670. The molecule has 15 heavy (non-hydrogen) atoms. The van der Waals surface area contributed by atoms with E-state index in [-0.39, 0.29) is 24.2 Å². The molecule has 3 heteroatoms. The van der Waals surface area contributed by atoms with Crippen LogP contribution in [0.5, 0.6) is 0 Å². The number of rotatable bonds is 4. The van der Waals surface area contributed by atoms with Crippen LogP contribution < -0.4 is 0 Å². The average Bonchev–Trinajstić information content (AvgIpc) is 2.19. The quantitative estimate of drug-likeness (QED) is 0.855. The van der Waals surface area contributed by atoms with Crippen molar-refractivity contribution in [3.63, 3.8) is 0 Å².